The molecule has 0 aliphatic heterocycles. The molecule has 4 heteroatoms. The van der Waals surface area contributed by atoms with Crippen molar-refractivity contribution in [1.82, 2.24) is 0 Å². The third-order valence-electron chi connectivity index (χ3n) is 4.44. The zero-order valence-corrected chi connectivity index (χ0v) is 16.6. The van der Waals surface area contributed by atoms with E-state index < -0.39 is 0 Å². The Morgan fingerprint density at radius 3 is 1.36 bits per heavy atom. The summed E-state index contributed by atoms with van der Waals surface area (Å²) in [7, 11) is 3.32. The van der Waals surface area contributed by atoms with Crippen molar-refractivity contribution in [1.29, 1.82) is 0 Å². The van der Waals surface area contributed by atoms with Gasteiger partial charge in [0, 0.05) is 11.4 Å². The Labute approximate surface area is 166 Å². The normalized spacial score (nSPS) is 12.0. The molecule has 0 unspecified atom stereocenters. The average molecular weight is 372 g/mol. The zero-order valence-electron chi connectivity index (χ0n) is 16.6. The van der Waals surface area contributed by atoms with Gasteiger partial charge in [0.05, 0.1) is 25.6 Å². The van der Waals surface area contributed by atoms with Crippen molar-refractivity contribution in [2.45, 2.75) is 13.8 Å². The standard InChI is InChI=1S/C24H24N2O2/c1-17(25-21-8-12-23(27-3)13-9-21)19-6-5-7-20(16-19)18(2)26-22-10-14-24(28-4)15-11-22/h5-16H,1-4H3. The van der Waals surface area contributed by atoms with Gasteiger partial charge < -0.3 is 9.47 Å². The summed E-state index contributed by atoms with van der Waals surface area (Å²) in [6, 6.07) is 23.7. The minimum atomic E-state index is 0.823. The maximum Gasteiger partial charge on any atom is 0.119 e. The van der Waals surface area contributed by atoms with Gasteiger partial charge in [-0.05, 0) is 79.6 Å². The van der Waals surface area contributed by atoms with Crippen molar-refractivity contribution in [2.75, 3.05) is 14.2 Å². The molecule has 0 saturated heterocycles. The van der Waals surface area contributed by atoms with Crippen LogP contribution in [0.15, 0.2) is 82.8 Å². The quantitative estimate of drug-likeness (QED) is 0.499. The predicted octanol–water partition coefficient (Wildman–Crippen LogP) is 5.99. The van der Waals surface area contributed by atoms with Gasteiger partial charge in [0.25, 0.3) is 0 Å². The number of rotatable bonds is 6. The molecule has 4 nitrogen and oxygen atoms in total. The Morgan fingerprint density at radius 2 is 1.00 bits per heavy atom. The van der Waals surface area contributed by atoms with Gasteiger partial charge in [0.1, 0.15) is 11.5 Å². The van der Waals surface area contributed by atoms with E-state index >= 15 is 0 Å². The van der Waals surface area contributed by atoms with Crippen LogP contribution in [0.2, 0.25) is 0 Å². The zero-order chi connectivity index (χ0) is 19.9. The summed E-state index contributed by atoms with van der Waals surface area (Å²) in [5.74, 6) is 1.65. The molecule has 0 N–H and O–H groups in total. The maximum absolute atomic E-state index is 5.19. The van der Waals surface area contributed by atoms with Crippen LogP contribution in [0, 0.1) is 0 Å². The minimum absolute atomic E-state index is 0.823. The van der Waals surface area contributed by atoms with E-state index in [1.165, 1.54) is 0 Å². The van der Waals surface area contributed by atoms with Crippen LogP contribution in [0.1, 0.15) is 25.0 Å². The maximum atomic E-state index is 5.19. The third-order valence-corrected chi connectivity index (χ3v) is 4.44. The first-order valence-electron chi connectivity index (χ1n) is 9.08. The van der Waals surface area contributed by atoms with Crippen LogP contribution in [0.25, 0.3) is 0 Å². The lowest BCUT2D eigenvalue weighted by molar-refractivity contribution is 0.415. The van der Waals surface area contributed by atoms with E-state index in [4.69, 9.17) is 19.5 Å². The van der Waals surface area contributed by atoms with Gasteiger partial charge in [0.2, 0.25) is 0 Å². The Morgan fingerprint density at radius 1 is 0.607 bits per heavy atom. The molecule has 142 valence electrons. The lowest BCUT2D eigenvalue weighted by atomic mass is 10.0. The fourth-order valence-electron chi connectivity index (χ4n) is 2.80. The molecule has 0 amide bonds. The first kappa shape index (κ1) is 19.4. The van der Waals surface area contributed by atoms with Gasteiger partial charge in [0.15, 0.2) is 0 Å². The molecule has 0 aliphatic rings. The van der Waals surface area contributed by atoms with Gasteiger partial charge >= 0.3 is 0 Å². The van der Waals surface area contributed by atoms with Crippen molar-refractivity contribution < 1.29 is 9.47 Å². The van der Waals surface area contributed by atoms with Crippen molar-refractivity contribution in [3.05, 3.63) is 83.9 Å². The van der Waals surface area contributed by atoms with Crippen LogP contribution in [0.3, 0.4) is 0 Å². The molecule has 0 spiro atoms. The average Bonchev–Trinajstić information content (AvgIpc) is 2.75. The van der Waals surface area contributed by atoms with Crippen molar-refractivity contribution >= 4 is 22.8 Å². The number of ether oxygens (including phenoxy) is 2. The first-order chi connectivity index (χ1) is 13.6. The SMILES string of the molecule is COc1ccc(N=C(C)c2cccc(C(C)=Nc3ccc(OC)cc3)c2)cc1. The van der Waals surface area contributed by atoms with Crippen LogP contribution in [0.4, 0.5) is 11.4 Å². The second-order valence-corrected chi connectivity index (χ2v) is 6.37. The van der Waals surface area contributed by atoms with E-state index in [0.29, 0.717) is 0 Å². The van der Waals surface area contributed by atoms with E-state index in [-0.39, 0.29) is 0 Å². The van der Waals surface area contributed by atoms with E-state index in [2.05, 4.69) is 18.2 Å². The molecule has 0 aliphatic carbocycles. The molecular formula is C24H24N2O2. The Bertz CT molecular complexity index is 909. The fraction of sp³-hybridized carbons (Fsp3) is 0.167. The van der Waals surface area contributed by atoms with Gasteiger partial charge in [-0.15, -0.1) is 0 Å². The molecule has 0 atom stereocenters. The Hall–Kier alpha value is -3.40. The number of hydrogen-bond acceptors (Lipinski definition) is 4. The highest BCUT2D eigenvalue weighted by atomic mass is 16.5. The van der Waals surface area contributed by atoms with E-state index in [1.54, 1.807) is 14.2 Å². The number of aliphatic imine (C=N–C) groups is 2. The van der Waals surface area contributed by atoms with E-state index in [1.807, 2.05) is 68.4 Å². The number of nitrogens with zero attached hydrogens (tertiary/aromatic N) is 2. The van der Waals surface area contributed by atoms with Crippen LogP contribution >= 0.6 is 0 Å². The highest BCUT2D eigenvalue weighted by Gasteiger charge is 2.04. The molecule has 0 aromatic heterocycles. The topological polar surface area (TPSA) is 43.2 Å². The highest BCUT2D eigenvalue weighted by molar-refractivity contribution is 6.05. The summed E-state index contributed by atoms with van der Waals surface area (Å²) < 4.78 is 10.4. The van der Waals surface area contributed by atoms with Crippen LogP contribution < -0.4 is 9.47 Å². The second kappa shape index (κ2) is 9.00. The van der Waals surface area contributed by atoms with Crippen LogP contribution in [-0.4, -0.2) is 25.6 Å². The molecule has 0 heterocycles. The van der Waals surface area contributed by atoms with Crippen molar-refractivity contribution in [2.24, 2.45) is 9.98 Å². The van der Waals surface area contributed by atoms with Gasteiger partial charge in [-0.2, -0.15) is 0 Å². The number of benzene rings is 3. The first-order valence-corrected chi connectivity index (χ1v) is 9.08. The van der Waals surface area contributed by atoms with Crippen molar-refractivity contribution in [3.8, 4) is 11.5 Å². The second-order valence-electron chi connectivity index (χ2n) is 6.37. The Balaban J connectivity index is 1.83. The number of hydrogen-bond donors (Lipinski definition) is 0. The predicted molar refractivity (Wildman–Crippen MR) is 116 cm³/mol. The van der Waals surface area contributed by atoms with E-state index in [0.717, 1.165) is 45.4 Å². The minimum Gasteiger partial charge on any atom is -0.497 e. The van der Waals surface area contributed by atoms with Gasteiger partial charge in [-0.1, -0.05) is 18.2 Å². The van der Waals surface area contributed by atoms with Crippen LogP contribution in [-0.2, 0) is 0 Å². The van der Waals surface area contributed by atoms with Crippen LogP contribution in [0.5, 0.6) is 11.5 Å². The molecular weight excluding hydrogens is 348 g/mol. The van der Waals surface area contributed by atoms with Crippen molar-refractivity contribution in [3.63, 3.8) is 0 Å². The summed E-state index contributed by atoms with van der Waals surface area (Å²) in [6.45, 7) is 4.03. The fourth-order valence-corrected chi connectivity index (χ4v) is 2.80. The molecule has 3 rings (SSSR count). The lowest BCUT2D eigenvalue weighted by Crippen LogP contribution is -1.99. The number of methoxy groups -OCH3 is 2. The smallest absolute Gasteiger partial charge is 0.119 e. The summed E-state index contributed by atoms with van der Waals surface area (Å²) in [6.07, 6.45) is 0. The molecule has 0 fully saturated rings. The third kappa shape index (κ3) is 4.86. The largest absolute Gasteiger partial charge is 0.497 e. The Kier molecular flexibility index (Phi) is 6.22. The summed E-state index contributed by atoms with van der Waals surface area (Å²) in [4.78, 5) is 9.43. The lowest BCUT2D eigenvalue weighted by Gasteiger charge is -2.07. The molecule has 0 bridgehead atoms. The summed E-state index contributed by atoms with van der Waals surface area (Å²) in [5.41, 5.74) is 5.82. The van der Waals surface area contributed by atoms with E-state index in [9.17, 15) is 0 Å². The molecule has 3 aromatic rings. The molecule has 0 radical (unpaired) electrons. The molecule has 28 heavy (non-hydrogen) atoms. The summed E-state index contributed by atoms with van der Waals surface area (Å²) in [5, 5.41) is 0. The molecule has 0 saturated carbocycles. The summed E-state index contributed by atoms with van der Waals surface area (Å²) >= 11 is 0. The van der Waals surface area contributed by atoms with Gasteiger partial charge in [-0.3, -0.25) is 9.98 Å². The highest BCUT2D eigenvalue weighted by Crippen LogP contribution is 2.21. The van der Waals surface area contributed by atoms with Gasteiger partial charge in [-0.25, -0.2) is 0 Å². The monoisotopic (exact) mass is 372 g/mol. The molecule has 3 aromatic carbocycles.